The monoisotopic (exact) mass is 812 g/mol. The van der Waals surface area contributed by atoms with Gasteiger partial charge < -0.3 is 23.1 Å². The van der Waals surface area contributed by atoms with Gasteiger partial charge in [-0.25, -0.2) is 0 Å². The van der Waals surface area contributed by atoms with Gasteiger partial charge >= 0.3 is 0 Å². The molecule has 5 aromatic rings. The van der Waals surface area contributed by atoms with E-state index in [1.807, 2.05) is 23.1 Å². The third kappa shape index (κ3) is 8.68. The van der Waals surface area contributed by atoms with Gasteiger partial charge in [0.2, 0.25) is 0 Å². The van der Waals surface area contributed by atoms with Gasteiger partial charge in [-0.1, -0.05) is 92.2 Å². The maximum absolute atomic E-state index is 10.4. The number of phenolic OH excluding ortho intramolecular Hbond substituents is 2. The number of hydrogen-bond donors (Lipinski definition) is 2. The maximum atomic E-state index is 10.4. The molecule has 0 amide bonds. The number of aromatic hydroxyl groups is 2. The third-order valence-electron chi connectivity index (χ3n) is 9.01. The molecule has 1 atom stereocenters. The second kappa shape index (κ2) is 17.2. The van der Waals surface area contributed by atoms with Crippen molar-refractivity contribution >= 4 is 57.4 Å². The summed E-state index contributed by atoms with van der Waals surface area (Å²) in [4.78, 5) is 4.17. The summed E-state index contributed by atoms with van der Waals surface area (Å²) in [6.07, 6.45) is 10.9. The van der Waals surface area contributed by atoms with Crippen LogP contribution in [-0.2, 0) is 38.7 Å². The van der Waals surface area contributed by atoms with Crippen molar-refractivity contribution < 1.29 is 29.7 Å². The van der Waals surface area contributed by atoms with Crippen LogP contribution in [0, 0.1) is 7.05 Å². The van der Waals surface area contributed by atoms with Crippen LogP contribution < -0.4 is 12.9 Å². The number of nitrogens with zero attached hydrogens (tertiary/aromatic N) is 3. The first-order chi connectivity index (χ1) is 23.4. The number of anilines is 5. The second-order valence-electron chi connectivity index (χ2n) is 12.4. The molecule has 0 spiro atoms. The Labute approximate surface area is 318 Å². The molecular formula is C42H43IN3O2Zn-. The van der Waals surface area contributed by atoms with Crippen molar-refractivity contribution in [2.24, 2.45) is 0 Å². The van der Waals surface area contributed by atoms with Crippen molar-refractivity contribution in [3.05, 3.63) is 151 Å². The Morgan fingerprint density at radius 1 is 0.755 bits per heavy atom. The predicted molar refractivity (Wildman–Crippen MR) is 210 cm³/mol. The summed E-state index contributed by atoms with van der Waals surface area (Å²) in [6, 6.07) is 39.9. The fourth-order valence-corrected chi connectivity index (χ4v) is 7.60. The standard InChI is InChI=1S/C32H31IN2O.C10H12NO.Zn/c1-2-7-24-12-18-28(19-13-24)34(27-9-4-3-5-10-27)29-20-14-25(15-21-29)16-22-30-23-17-26-8-6-11-31(36)32(26)35(30)33;1-11-7-3-5-8-4-2-6-9(12)10(8)11;/h3-6,8-16,18-22,30,36H,2,7,17,23H2,1H3;2,4,6,12H,1,3,5,7H2;/q;-1;/b22-16+;;. The molecule has 2 N–H and O–H groups in total. The molecule has 2 aliphatic rings. The third-order valence-corrected chi connectivity index (χ3v) is 10.2. The van der Waals surface area contributed by atoms with Crippen molar-refractivity contribution in [1.82, 2.24) is 0 Å². The Balaban J connectivity index is 0.000000303. The number of hydrogen-bond acceptors (Lipinski definition) is 5. The fourth-order valence-electron chi connectivity index (χ4n) is 6.58. The first-order valence-electron chi connectivity index (χ1n) is 16.8. The van der Waals surface area contributed by atoms with E-state index < -0.39 is 0 Å². The van der Waals surface area contributed by atoms with Crippen LogP contribution in [0.25, 0.3) is 6.08 Å². The zero-order chi connectivity index (χ0) is 33.5. The first kappa shape index (κ1) is 36.5. The fraction of sp³-hybridized carbons (Fsp3) is 0.214. The molecule has 0 aliphatic carbocycles. The summed E-state index contributed by atoms with van der Waals surface area (Å²) in [7, 11) is 3.87. The van der Waals surface area contributed by atoms with Crippen LogP contribution >= 0.6 is 22.9 Å². The number of aryl methyl sites for hydroxylation is 3. The number of phenols is 2. The van der Waals surface area contributed by atoms with Crippen molar-refractivity contribution in [3.8, 4) is 11.5 Å². The van der Waals surface area contributed by atoms with Gasteiger partial charge in [0.25, 0.3) is 0 Å². The average Bonchev–Trinajstić information content (AvgIpc) is 3.10. The molecule has 7 rings (SSSR count). The van der Waals surface area contributed by atoms with Crippen molar-refractivity contribution in [2.75, 3.05) is 19.5 Å². The summed E-state index contributed by atoms with van der Waals surface area (Å²) >= 11 is 2.33. The van der Waals surface area contributed by atoms with E-state index in [1.54, 1.807) is 12.1 Å². The van der Waals surface area contributed by atoms with Crippen LogP contribution in [0.15, 0.2) is 121 Å². The van der Waals surface area contributed by atoms with E-state index in [-0.39, 0.29) is 25.5 Å². The number of fused-ring (bicyclic) bond motifs is 2. The minimum Gasteiger partial charge on any atom is -0.522 e. The summed E-state index contributed by atoms with van der Waals surface area (Å²) in [5.41, 5.74) is 10.2. The van der Waals surface area contributed by atoms with Gasteiger partial charge in [0.15, 0.2) is 0 Å². The Bertz CT molecular complexity index is 1830. The van der Waals surface area contributed by atoms with E-state index in [9.17, 15) is 10.2 Å². The van der Waals surface area contributed by atoms with E-state index in [1.165, 1.54) is 16.7 Å². The van der Waals surface area contributed by atoms with Gasteiger partial charge in [-0.15, -0.1) is 0 Å². The molecule has 2 aliphatic heterocycles. The van der Waals surface area contributed by atoms with Gasteiger partial charge in [0.1, 0.15) is 11.5 Å². The minimum atomic E-state index is 0. The van der Waals surface area contributed by atoms with Gasteiger partial charge in [-0.05, 0) is 109 Å². The van der Waals surface area contributed by atoms with E-state index in [0.29, 0.717) is 11.5 Å². The molecule has 0 radical (unpaired) electrons. The van der Waals surface area contributed by atoms with Crippen LogP contribution in [0.4, 0.5) is 28.4 Å². The van der Waals surface area contributed by atoms with Gasteiger partial charge in [-0.3, -0.25) is 7.05 Å². The molecule has 248 valence electrons. The Kier molecular flexibility index (Phi) is 12.8. The summed E-state index contributed by atoms with van der Waals surface area (Å²) in [5.74, 6) is 0.704. The van der Waals surface area contributed by atoms with E-state index in [0.717, 1.165) is 79.1 Å². The summed E-state index contributed by atoms with van der Waals surface area (Å²) in [6.45, 7) is 3.15. The van der Waals surface area contributed by atoms with Gasteiger partial charge in [0, 0.05) is 36.5 Å². The zero-order valence-corrected chi connectivity index (χ0v) is 33.3. The molecule has 0 saturated carbocycles. The normalized spacial score (nSPS) is 15.0. The van der Waals surface area contributed by atoms with Crippen LogP contribution in [0.3, 0.4) is 0 Å². The Morgan fingerprint density at radius 3 is 1.98 bits per heavy atom. The minimum absolute atomic E-state index is 0. The number of para-hydroxylation sites is 3. The molecule has 2 heterocycles. The van der Waals surface area contributed by atoms with Crippen LogP contribution in [-0.4, -0.2) is 22.8 Å². The van der Waals surface area contributed by atoms with E-state index >= 15 is 0 Å². The number of halogens is 1. The van der Waals surface area contributed by atoms with Crippen molar-refractivity contribution in [2.45, 2.75) is 51.5 Å². The molecule has 5 aromatic carbocycles. The Morgan fingerprint density at radius 2 is 1.35 bits per heavy atom. The van der Waals surface area contributed by atoms with Crippen LogP contribution in [0.2, 0.25) is 0 Å². The second-order valence-corrected chi connectivity index (χ2v) is 13.4. The van der Waals surface area contributed by atoms with Crippen LogP contribution in [0.5, 0.6) is 11.5 Å². The van der Waals surface area contributed by atoms with E-state index in [4.69, 9.17) is 0 Å². The topological polar surface area (TPSA) is 50.2 Å². The van der Waals surface area contributed by atoms with Crippen molar-refractivity contribution in [1.29, 1.82) is 0 Å². The molecular weight excluding hydrogens is 771 g/mol. The molecule has 0 fully saturated rings. The number of rotatable bonds is 7. The predicted octanol–water partition coefficient (Wildman–Crippen LogP) is 10.9. The molecule has 1 unspecified atom stereocenters. The molecule has 7 heteroatoms. The quantitative estimate of drug-likeness (QED) is 0.0742. The molecule has 0 aromatic heterocycles. The average molecular weight is 814 g/mol. The number of benzene rings is 5. The van der Waals surface area contributed by atoms with Gasteiger partial charge in [-0.2, -0.15) is 0 Å². The largest absolute Gasteiger partial charge is 0.522 e. The summed E-state index contributed by atoms with van der Waals surface area (Å²) < 4.78 is 2.16. The van der Waals surface area contributed by atoms with Crippen molar-refractivity contribution in [3.63, 3.8) is 0 Å². The van der Waals surface area contributed by atoms with E-state index in [2.05, 4.69) is 142 Å². The van der Waals surface area contributed by atoms with Crippen LogP contribution in [0.1, 0.15) is 48.4 Å². The first-order valence-corrected chi connectivity index (χ1v) is 17.8. The zero-order valence-electron chi connectivity index (χ0n) is 28.2. The molecule has 0 saturated heterocycles. The smallest absolute Gasteiger partial charge is 0.139 e. The summed E-state index contributed by atoms with van der Waals surface area (Å²) in [5, 5.41) is 19.9. The molecule has 5 nitrogen and oxygen atoms in total. The molecule has 0 bridgehead atoms. The molecule has 49 heavy (non-hydrogen) atoms. The van der Waals surface area contributed by atoms with Gasteiger partial charge in [0.05, 0.1) is 40.3 Å². The SMILES string of the molecule is CCCc1ccc(N(c2ccccc2)c2ccc(/C=C/C3CCc4cccc(O)c4N3I)cc2)cc1.[CH2-]N1CCCc2cccc(O)c21.[Zn]. The Hall–Kier alpha value is -3.81. The maximum Gasteiger partial charge on any atom is 0.139 e.